The van der Waals surface area contributed by atoms with Crippen LogP contribution in [-0.4, -0.2) is 33.7 Å². The number of amides is 1. The number of rotatable bonds is 5. The summed E-state index contributed by atoms with van der Waals surface area (Å²) >= 11 is 0. The van der Waals surface area contributed by atoms with Crippen LogP contribution in [0, 0.1) is 5.82 Å². The smallest absolute Gasteiger partial charge is 0.262 e. The summed E-state index contributed by atoms with van der Waals surface area (Å²) in [5.41, 5.74) is 2.04. The highest BCUT2D eigenvalue weighted by atomic mass is 32.2. The summed E-state index contributed by atoms with van der Waals surface area (Å²) in [6.45, 7) is 0.126. The van der Waals surface area contributed by atoms with E-state index in [0.29, 0.717) is 24.3 Å². The number of carbonyl (C=O) groups excluding carboxylic acids is 1. The predicted molar refractivity (Wildman–Crippen MR) is 97.5 cm³/mol. The number of nitrogens with zero attached hydrogens (tertiary/aromatic N) is 1. The lowest BCUT2D eigenvalue weighted by Gasteiger charge is -2.29. The van der Waals surface area contributed by atoms with E-state index in [2.05, 4.69) is 5.32 Å². The molecule has 3 rings (SSSR count). The molecular weight excluding hydrogens is 359 g/mol. The Labute approximate surface area is 151 Å². The summed E-state index contributed by atoms with van der Waals surface area (Å²) in [4.78, 5) is 12.0. The molecule has 0 aliphatic carbocycles. The van der Waals surface area contributed by atoms with Crippen molar-refractivity contribution in [3.8, 4) is 5.75 Å². The van der Waals surface area contributed by atoms with Crippen LogP contribution in [0.5, 0.6) is 5.75 Å². The molecule has 0 radical (unpaired) electrons. The fraction of sp³-hybridized carbons (Fsp3) is 0.278. The Morgan fingerprint density at radius 2 is 2.04 bits per heavy atom. The van der Waals surface area contributed by atoms with E-state index in [-0.39, 0.29) is 12.4 Å². The van der Waals surface area contributed by atoms with Gasteiger partial charge in [-0.1, -0.05) is 12.1 Å². The quantitative estimate of drug-likeness (QED) is 0.868. The van der Waals surface area contributed by atoms with Gasteiger partial charge in [0.25, 0.3) is 5.91 Å². The third-order valence-electron chi connectivity index (χ3n) is 4.04. The van der Waals surface area contributed by atoms with Crippen molar-refractivity contribution in [2.75, 3.05) is 29.0 Å². The Kier molecular flexibility index (Phi) is 5.13. The number of sulfonamides is 1. The van der Waals surface area contributed by atoms with Crippen molar-refractivity contribution < 1.29 is 22.3 Å². The van der Waals surface area contributed by atoms with Gasteiger partial charge < -0.3 is 10.1 Å². The first-order chi connectivity index (χ1) is 12.3. The second kappa shape index (κ2) is 7.33. The van der Waals surface area contributed by atoms with Crippen molar-refractivity contribution in [2.45, 2.75) is 12.8 Å². The summed E-state index contributed by atoms with van der Waals surface area (Å²) < 4.78 is 43.8. The number of fused-ring (bicyclic) bond motifs is 1. The molecule has 8 heteroatoms. The Bertz CT molecular complexity index is 931. The molecule has 6 nitrogen and oxygen atoms in total. The molecule has 138 valence electrons. The number of nitrogens with one attached hydrogen (secondary N) is 1. The zero-order valence-electron chi connectivity index (χ0n) is 14.2. The maximum atomic E-state index is 13.5. The van der Waals surface area contributed by atoms with Crippen molar-refractivity contribution in [3.05, 3.63) is 53.8 Å². The molecule has 2 aromatic rings. The van der Waals surface area contributed by atoms with E-state index < -0.39 is 21.7 Å². The number of aryl methyl sites for hydroxylation is 1. The molecule has 0 unspecified atom stereocenters. The lowest BCUT2D eigenvalue weighted by Crippen LogP contribution is -2.34. The van der Waals surface area contributed by atoms with Crippen LogP contribution in [0.3, 0.4) is 0 Å². The molecular formula is C18H19FN2O4S. The lowest BCUT2D eigenvalue weighted by atomic mass is 10.0. The molecule has 0 saturated heterocycles. The summed E-state index contributed by atoms with van der Waals surface area (Å²) in [6, 6.07) is 10.9. The van der Waals surface area contributed by atoms with Crippen LogP contribution in [-0.2, 0) is 21.2 Å². The third-order valence-corrected chi connectivity index (χ3v) is 5.21. The molecule has 0 saturated carbocycles. The molecule has 1 N–H and O–H groups in total. The van der Waals surface area contributed by atoms with Crippen LogP contribution in [0.15, 0.2) is 42.5 Å². The Morgan fingerprint density at radius 1 is 1.27 bits per heavy atom. The molecule has 0 atom stereocenters. The molecule has 0 fully saturated rings. The van der Waals surface area contributed by atoms with Gasteiger partial charge in [-0.15, -0.1) is 0 Å². The largest absolute Gasteiger partial charge is 0.481 e. The summed E-state index contributed by atoms with van der Waals surface area (Å²) in [7, 11) is -3.33. The van der Waals surface area contributed by atoms with Gasteiger partial charge in [-0.25, -0.2) is 12.8 Å². The minimum Gasteiger partial charge on any atom is -0.481 e. The Hall–Kier alpha value is -2.61. The van der Waals surface area contributed by atoms with Gasteiger partial charge >= 0.3 is 0 Å². The standard InChI is InChI=1S/C18H19FN2O4S/c1-26(23,24)21-10-4-5-13-11-14(8-9-16(13)21)20-18(22)12-25-17-7-3-2-6-15(17)19/h2-3,6-9,11H,4-5,10,12H2,1H3,(H,20,22). The molecule has 1 aliphatic heterocycles. The zero-order chi connectivity index (χ0) is 18.7. The monoisotopic (exact) mass is 378 g/mol. The summed E-state index contributed by atoms with van der Waals surface area (Å²) in [5.74, 6) is -0.948. The SMILES string of the molecule is CS(=O)(=O)N1CCCc2cc(NC(=O)COc3ccccc3F)ccc21. The Morgan fingerprint density at radius 3 is 2.77 bits per heavy atom. The van der Waals surface area contributed by atoms with Gasteiger partial charge in [-0.3, -0.25) is 9.10 Å². The van der Waals surface area contributed by atoms with Crippen molar-refractivity contribution in [2.24, 2.45) is 0 Å². The summed E-state index contributed by atoms with van der Waals surface area (Å²) in [6.07, 6.45) is 2.63. The fourth-order valence-corrected chi connectivity index (χ4v) is 3.88. The first kappa shape index (κ1) is 18.2. The van der Waals surface area contributed by atoms with E-state index in [1.165, 1.54) is 28.8 Å². The van der Waals surface area contributed by atoms with Gasteiger partial charge in [0.1, 0.15) is 0 Å². The number of halogens is 1. The Balaban J connectivity index is 1.67. The molecule has 0 spiro atoms. The van der Waals surface area contributed by atoms with Crippen molar-refractivity contribution >= 4 is 27.3 Å². The fourth-order valence-electron chi connectivity index (χ4n) is 2.89. The minimum absolute atomic E-state index is 0.0110. The van der Waals surface area contributed by atoms with Gasteiger partial charge in [0.05, 0.1) is 11.9 Å². The van der Waals surface area contributed by atoms with Crippen molar-refractivity contribution in [3.63, 3.8) is 0 Å². The highest BCUT2D eigenvalue weighted by Gasteiger charge is 2.24. The van der Waals surface area contributed by atoms with Crippen molar-refractivity contribution in [1.82, 2.24) is 0 Å². The normalized spacial score (nSPS) is 13.8. The number of para-hydroxylation sites is 1. The number of benzene rings is 2. The number of hydrogen-bond acceptors (Lipinski definition) is 4. The minimum atomic E-state index is -3.33. The number of hydrogen-bond donors (Lipinski definition) is 1. The van der Waals surface area contributed by atoms with Crippen LogP contribution < -0.4 is 14.4 Å². The molecule has 0 bridgehead atoms. The van der Waals surface area contributed by atoms with E-state index in [1.807, 2.05) is 0 Å². The third kappa shape index (κ3) is 4.13. The van der Waals surface area contributed by atoms with E-state index in [1.54, 1.807) is 24.3 Å². The topological polar surface area (TPSA) is 75.7 Å². The second-order valence-electron chi connectivity index (χ2n) is 6.05. The number of anilines is 2. The number of carbonyl (C=O) groups is 1. The maximum Gasteiger partial charge on any atom is 0.262 e. The molecule has 1 heterocycles. The molecule has 0 aromatic heterocycles. The highest BCUT2D eigenvalue weighted by molar-refractivity contribution is 7.92. The van der Waals surface area contributed by atoms with E-state index >= 15 is 0 Å². The molecule has 26 heavy (non-hydrogen) atoms. The maximum absolute atomic E-state index is 13.5. The lowest BCUT2D eigenvalue weighted by molar-refractivity contribution is -0.118. The predicted octanol–water partition coefficient (Wildman–Crippen LogP) is 2.56. The van der Waals surface area contributed by atoms with Crippen LogP contribution >= 0.6 is 0 Å². The average Bonchev–Trinajstić information content (AvgIpc) is 2.59. The second-order valence-corrected chi connectivity index (χ2v) is 7.96. The first-order valence-corrected chi connectivity index (χ1v) is 9.97. The van der Waals surface area contributed by atoms with E-state index in [9.17, 15) is 17.6 Å². The van der Waals surface area contributed by atoms with Crippen LogP contribution in [0.1, 0.15) is 12.0 Å². The van der Waals surface area contributed by atoms with E-state index in [4.69, 9.17) is 4.74 Å². The van der Waals surface area contributed by atoms with Gasteiger partial charge in [-0.2, -0.15) is 0 Å². The van der Waals surface area contributed by atoms with Crippen molar-refractivity contribution in [1.29, 1.82) is 0 Å². The molecule has 1 aliphatic rings. The van der Waals surface area contributed by atoms with Gasteiger partial charge in [0.2, 0.25) is 10.0 Å². The molecule has 1 amide bonds. The highest BCUT2D eigenvalue weighted by Crippen LogP contribution is 2.31. The van der Waals surface area contributed by atoms with Gasteiger partial charge in [-0.05, 0) is 48.7 Å². The van der Waals surface area contributed by atoms with E-state index in [0.717, 1.165) is 12.0 Å². The zero-order valence-corrected chi connectivity index (χ0v) is 15.1. The summed E-state index contributed by atoms with van der Waals surface area (Å²) in [5, 5.41) is 2.68. The number of ether oxygens (including phenoxy) is 1. The average molecular weight is 378 g/mol. The van der Waals surface area contributed by atoms with Gasteiger partial charge in [0.15, 0.2) is 18.2 Å². The first-order valence-electron chi connectivity index (χ1n) is 8.12. The van der Waals surface area contributed by atoms with Crippen LogP contribution in [0.4, 0.5) is 15.8 Å². The van der Waals surface area contributed by atoms with Crippen LogP contribution in [0.25, 0.3) is 0 Å². The van der Waals surface area contributed by atoms with Gasteiger partial charge in [0, 0.05) is 12.2 Å². The molecule has 2 aromatic carbocycles. The van der Waals surface area contributed by atoms with Crippen LogP contribution in [0.2, 0.25) is 0 Å².